The molecule has 0 aliphatic rings. The molecule has 2 heteroatoms. The number of rotatable bonds is 7. The molecule has 0 spiro atoms. The summed E-state index contributed by atoms with van der Waals surface area (Å²) in [7, 11) is 1.75. The molecule has 0 radical (unpaired) electrons. The van der Waals surface area contributed by atoms with Crippen LogP contribution in [0.4, 0.5) is 0 Å². The Kier molecular flexibility index (Phi) is 5.78. The topological polar surface area (TPSA) is 21.3 Å². The lowest BCUT2D eigenvalue weighted by molar-refractivity contribution is 0.166. The maximum absolute atomic E-state index is 5.34. The van der Waals surface area contributed by atoms with E-state index in [1.807, 2.05) is 6.07 Å². The first-order valence-corrected chi connectivity index (χ1v) is 7.19. The van der Waals surface area contributed by atoms with E-state index in [0.717, 1.165) is 13.0 Å². The lowest BCUT2D eigenvalue weighted by Gasteiger charge is -2.19. The molecule has 0 heterocycles. The first kappa shape index (κ1) is 14.8. The Bertz CT molecular complexity index is 510. The molecule has 1 unspecified atom stereocenters. The summed E-state index contributed by atoms with van der Waals surface area (Å²) in [6, 6.07) is 19.3. The summed E-state index contributed by atoms with van der Waals surface area (Å²) in [5.74, 6) is 0. The number of methoxy groups -OCH3 is 1. The fourth-order valence-electron chi connectivity index (χ4n) is 2.43. The zero-order chi connectivity index (χ0) is 14.2. The van der Waals surface area contributed by atoms with Crippen molar-refractivity contribution in [3.63, 3.8) is 0 Å². The predicted molar refractivity (Wildman–Crippen MR) is 83.7 cm³/mol. The fourth-order valence-corrected chi connectivity index (χ4v) is 2.43. The Balaban J connectivity index is 2.06. The normalized spacial score (nSPS) is 12.3. The van der Waals surface area contributed by atoms with Crippen molar-refractivity contribution in [3.05, 3.63) is 71.3 Å². The van der Waals surface area contributed by atoms with Gasteiger partial charge in [0.05, 0.1) is 12.6 Å². The average Bonchev–Trinajstić information content (AvgIpc) is 2.52. The molecule has 0 fully saturated rings. The molecule has 0 aliphatic carbocycles. The third-order valence-electron chi connectivity index (χ3n) is 3.57. The van der Waals surface area contributed by atoms with Crippen LogP contribution in [0.1, 0.15) is 29.7 Å². The van der Waals surface area contributed by atoms with E-state index in [2.05, 4.69) is 60.8 Å². The number of hydrogen-bond donors (Lipinski definition) is 1. The van der Waals surface area contributed by atoms with Gasteiger partial charge in [-0.1, -0.05) is 61.5 Å². The van der Waals surface area contributed by atoms with Crippen LogP contribution in [0.2, 0.25) is 0 Å². The summed E-state index contributed by atoms with van der Waals surface area (Å²) in [5.41, 5.74) is 4.04. The van der Waals surface area contributed by atoms with Crippen LogP contribution >= 0.6 is 0 Å². The van der Waals surface area contributed by atoms with E-state index in [-0.39, 0.29) is 6.04 Å². The van der Waals surface area contributed by atoms with Gasteiger partial charge in [0.25, 0.3) is 0 Å². The van der Waals surface area contributed by atoms with Crippen molar-refractivity contribution in [2.24, 2.45) is 0 Å². The van der Waals surface area contributed by atoms with Gasteiger partial charge in [-0.25, -0.2) is 0 Å². The Morgan fingerprint density at radius 1 is 0.950 bits per heavy atom. The van der Waals surface area contributed by atoms with Crippen molar-refractivity contribution in [1.29, 1.82) is 0 Å². The van der Waals surface area contributed by atoms with Crippen LogP contribution in [0, 0.1) is 0 Å². The van der Waals surface area contributed by atoms with Gasteiger partial charge >= 0.3 is 0 Å². The van der Waals surface area contributed by atoms with Gasteiger partial charge in [-0.05, 0) is 23.1 Å². The lowest BCUT2D eigenvalue weighted by atomic mass is 10.0. The van der Waals surface area contributed by atoms with Crippen LogP contribution in [-0.2, 0) is 17.7 Å². The first-order valence-electron chi connectivity index (χ1n) is 7.19. The van der Waals surface area contributed by atoms with Crippen molar-refractivity contribution >= 4 is 0 Å². The molecule has 106 valence electrons. The smallest absolute Gasteiger partial charge is 0.0657 e. The zero-order valence-electron chi connectivity index (χ0n) is 12.3. The number of nitrogens with one attached hydrogen (secondary N) is 1. The first-order chi connectivity index (χ1) is 9.85. The molecule has 20 heavy (non-hydrogen) atoms. The van der Waals surface area contributed by atoms with Crippen LogP contribution in [0.5, 0.6) is 0 Å². The standard InChI is InChI=1S/C18H23NO/c1-3-15-9-7-8-12-17(15)13-19-18(14-20-2)16-10-5-4-6-11-16/h4-12,18-19H,3,13-14H2,1-2H3. The van der Waals surface area contributed by atoms with E-state index in [0.29, 0.717) is 6.61 Å². The summed E-state index contributed by atoms with van der Waals surface area (Å²) in [4.78, 5) is 0. The number of benzene rings is 2. The predicted octanol–water partition coefficient (Wildman–Crippen LogP) is 3.73. The summed E-state index contributed by atoms with van der Waals surface area (Å²) in [5, 5.41) is 3.60. The third kappa shape index (κ3) is 3.92. The number of aryl methyl sites for hydroxylation is 1. The van der Waals surface area contributed by atoms with Crippen molar-refractivity contribution < 1.29 is 4.74 Å². The Hall–Kier alpha value is -1.64. The highest BCUT2D eigenvalue weighted by atomic mass is 16.5. The summed E-state index contributed by atoms with van der Waals surface area (Å²) < 4.78 is 5.34. The Labute approximate surface area is 121 Å². The summed E-state index contributed by atoms with van der Waals surface area (Å²) >= 11 is 0. The molecule has 2 aromatic rings. The Morgan fingerprint density at radius 3 is 2.25 bits per heavy atom. The van der Waals surface area contributed by atoms with Crippen molar-refractivity contribution in [2.45, 2.75) is 25.9 Å². The molecule has 2 nitrogen and oxygen atoms in total. The monoisotopic (exact) mass is 269 g/mol. The van der Waals surface area contributed by atoms with Crippen molar-refractivity contribution in [1.82, 2.24) is 5.32 Å². The van der Waals surface area contributed by atoms with Crippen LogP contribution in [0.25, 0.3) is 0 Å². The lowest BCUT2D eigenvalue weighted by Crippen LogP contribution is -2.25. The molecule has 2 rings (SSSR count). The van der Waals surface area contributed by atoms with E-state index in [9.17, 15) is 0 Å². The van der Waals surface area contributed by atoms with E-state index in [1.165, 1.54) is 16.7 Å². The largest absolute Gasteiger partial charge is 0.383 e. The number of hydrogen-bond acceptors (Lipinski definition) is 2. The zero-order valence-corrected chi connectivity index (χ0v) is 12.3. The van der Waals surface area contributed by atoms with Gasteiger partial charge in [0.1, 0.15) is 0 Å². The van der Waals surface area contributed by atoms with E-state index in [4.69, 9.17) is 4.74 Å². The third-order valence-corrected chi connectivity index (χ3v) is 3.57. The van der Waals surface area contributed by atoms with Crippen LogP contribution < -0.4 is 5.32 Å². The second-order valence-electron chi connectivity index (χ2n) is 4.92. The molecule has 0 saturated heterocycles. The summed E-state index contributed by atoms with van der Waals surface area (Å²) in [6.07, 6.45) is 1.07. The SMILES string of the molecule is CCc1ccccc1CNC(COC)c1ccccc1. The van der Waals surface area contributed by atoms with Gasteiger partial charge in [0, 0.05) is 13.7 Å². The average molecular weight is 269 g/mol. The van der Waals surface area contributed by atoms with Gasteiger partial charge in [-0.15, -0.1) is 0 Å². The fraction of sp³-hybridized carbons (Fsp3) is 0.333. The molecule has 0 saturated carbocycles. The molecule has 2 aromatic carbocycles. The maximum atomic E-state index is 5.34. The van der Waals surface area contributed by atoms with E-state index in [1.54, 1.807) is 7.11 Å². The molecule has 0 aliphatic heterocycles. The molecule has 0 bridgehead atoms. The second-order valence-corrected chi connectivity index (χ2v) is 4.92. The molecular weight excluding hydrogens is 246 g/mol. The highest BCUT2D eigenvalue weighted by Gasteiger charge is 2.10. The van der Waals surface area contributed by atoms with Gasteiger partial charge < -0.3 is 10.1 Å². The molecular formula is C18H23NO. The van der Waals surface area contributed by atoms with Gasteiger partial charge in [0.2, 0.25) is 0 Å². The van der Waals surface area contributed by atoms with E-state index < -0.39 is 0 Å². The van der Waals surface area contributed by atoms with Gasteiger partial charge in [-0.3, -0.25) is 0 Å². The minimum Gasteiger partial charge on any atom is -0.383 e. The summed E-state index contributed by atoms with van der Waals surface area (Å²) in [6.45, 7) is 3.74. The van der Waals surface area contributed by atoms with Crippen LogP contribution in [-0.4, -0.2) is 13.7 Å². The minimum absolute atomic E-state index is 0.228. The van der Waals surface area contributed by atoms with Crippen LogP contribution in [0.15, 0.2) is 54.6 Å². The second kappa shape index (κ2) is 7.83. The van der Waals surface area contributed by atoms with Gasteiger partial charge in [-0.2, -0.15) is 0 Å². The molecule has 0 aromatic heterocycles. The molecule has 0 amide bonds. The quantitative estimate of drug-likeness (QED) is 0.827. The Morgan fingerprint density at radius 2 is 1.60 bits per heavy atom. The van der Waals surface area contributed by atoms with E-state index >= 15 is 0 Å². The highest BCUT2D eigenvalue weighted by Crippen LogP contribution is 2.15. The van der Waals surface area contributed by atoms with Crippen molar-refractivity contribution in [3.8, 4) is 0 Å². The molecule has 1 atom stereocenters. The number of ether oxygens (including phenoxy) is 1. The van der Waals surface area contributed by atoms with Crippen molar-refractivity contribution in [2.75, 3.05) is 13.7 Å². The molecule has 1 N–H and O–H groups in total. The minimum atomic E-state index is 0.228. The van der Waals surface area contributed by atoms with Gasteiger partial charge in [0.15, 0.2) is 0 Å². The van der Waals surface area contributed by atoms with Crippen LogP contribution in [0.3, 0.4) is 0 Å². The maximum Gasteiger partial charge on any atom is 0.0657 e. The highest BCUT2D eigenvalue weighted by molar-refractivity contribution is 5.27.